The molecule has 4 nitrogen and oxygen atoms in total. The highest BCUT2D eigenvalue weighted by molar-refractivity contribution is 9.10. The Kier molecular flexibility index (Phi) is 6.10. The van der Waals surface area contributed by atoms with E-state index >= 15 is 0 Å². The van der Waals surface area contributed by atoms with Crippen molar-refractivity contribution in [1.29, 1.82) is 0 Å². The summed E-state index contributed by atoms with van der Waals surface area (Å²) in [4.78, 5) is 0. The fraction of sp³-hybridized carbons (Fsp3) is 0.294. The Morgan fingerprint density at radius 2 is 1.50 bits per heavy atom. The van der Waals surface area contributed by atoms with Crippen LogP contribution in [0.2, 0.25) is 0 Å². The maximum Gasteiger partial charge on any atom is 0.161 e. The number of hydrogen-bond donors (Lipinski definition) is 1. The first-order valence-corrected chi connectivity index (χ1v) is 7.82. The number of halogens is 1. The Balaban J connectivity index is 2.01. The Labute approximate surface area is 139 Å². The molecule has 0 fully saturated rings. The van der Waals surface area contributed by atoms with Crippen LogP contribution in [0.5, 0.6) is 17.2 Å². The van der Waals surface area contributed by atoms with Crippen molar-refractivity contribution in [1.82, 2.24) is 0 Å². The van der Waals surface area contributed by atoms with Gasteiger partial charge in [-0.3, -0.25) is 0 Å². The van der Waals surface area contributed by atoms with Gasteiger partial charge in [0.05, 0.1) is 21.3 Å². The van der Waals surface area contributed by atoms with Gasteiger partial charge in [-0.2, -0.15) is 0 Å². The summed E-state index contributed by atoms with van der Waals surface area (Å²) in [5.41, 5.74) is 2.35. The average Bonchev–Trinajstić information content (AvgIpc) is 2.55. The van der Waals surface area contributed by atoms with Gasteiger partial charge in [0.2, 0.25) is 0 Å². The molecule has 2 N–H and O–H groups in total. The van der Waals surface area contributed by atoms with Gasteiger partial charge in [0.25, 0.3) is 0 Å². The molecule has 22 heavy (non-hydrogen) atoms. The highest BCUT2D eigenvalue weighted by Gasteiger charge is 2.08. The summed E-state index contributed by atoms with van der Waals surface area (Å²) in [6.07, 6.45) is 0. The van der Waals surface area contributed by atoms with Crippen LogP contribution in [0.4, 0.5) is 0 Å². The number of ether oxygens (including phenoxy) is 3. The summed E-state index contributed by atoms with van der Waals surface area (Å²) in [7, 11) is 4.99. The normalized spacial score (nSPS) is 10.4. The first kappa shape index (κ1) is 16.6. The molecule has 0 atom stereocenters. The van der Waals surface area contributed by atoms with Crippen LogP contribution < -0.4 is 19.5 Å². The van der Waals surface area contributed by atoms with E-state index in [1.165, 1.54) is 5.56 Å². The molecule has 0 unspecified atom stereocenters. The highest BCUT2D eigenvalue weighted by Crippen LogP contribution is 2.27. The first-order chi connectivity index (χ1) is 10.7. The van der Waals surface area contributed by atoms with Gasteiger partial charge in [-0.05, 0) is 36.4 Å². The van der Waals surface area contributed by atoms with Gasteiger partial charge in [0.15, 0.2) is 11.5 Å². The van der Waals surface area contributed by atoms with Crippen molar-refractivity contribution in [3.05, 3.63) is 52.0 Å². The van der Waals surface area contributed by atoms with Crippen LogP contribution in [-0.4, -0.2) is 21.3 Å². The average molecular weight is 367 g/mol. The minimum Gasteiger partial charge on any atom is -0.496 e. The summed E-state index contributed by atoms with van der Waals surface area (Å²) in [5.74, 6) is 2.42. The molecule has 2 aromatic rings. The molecule has 0 aliphatic heterocycles. The summed E-state index contributed by atoms with van der Waals surface area (Å²) in [5, 5.41) is 2.23. The van der Waals surface area contributed by atoms with E-state index in [0.29, 0.717) is 0 Å². The zero-order valence-corrected chi connectivity index (χ0v) is 14.6. The third kappa shape index (κ3) is 4.15. The minimum atomic E-state index is 0.750. The van der Waals surface area contributed by atoms with E-state index in [1.807, 2.05) is 24.3 Å². The van der Waals surface area contributed by atoms with Gasteiger partial charge in [0, 0.05) is 15.6 Å². The van der Waals surface area contributed by atoms with Gasteiger partial charge >= 0.3 is 0 Å². The molecule has 0 saturated carbocycles. The van der Waals surface area contributed by atoms with Crippen molar-refractivity contribution in [3.63, 3.8) is 0 Å². The maximum absolute atomic E-state index is 5.39. The highest BCUT2D eigenvalue weighted by atomic mass is 79.9. The van der Waals surface area contributed by atoms with Gasteiger partial charge in [-0.15, -0.1) is 0 Å². The maximum atomic E-state index is 5.39. The number of nitrogens with two attached hydrogens (primary N) is 1. The molecule has 5 heteroatoms. The Hall–Kier alpha value is -1.72. The molecule has 0 aromatic heterocycles. The topological polar surface area (TPSA) is 44.3 Å². The lowest BCUT2D eigenvalue weighted by Gasteiger charge is -2.10. The van der Waals surface area contributed by atoms with E-state index < -0.39 is 0 Å². The third-order valence-corrected chi connectivity index (χ3v) is 3.93. The molecular weight excluding hydrogens is 346 g/mol. The quantitative estimate of drug-likeness (QED) is 0.819. The van der Waals surface area contributed by atoms with Gasteiger partial charge in [-0.25, -0.2) is 0 Å². The SMILES string of the molecule is COc1ccc(Br)cc1C[NH2+]Cc1ccc(OC)c(OC)c1. The van der Waals surface area contributed by atoms with Crippen LogP contribution in [0.25, 0.3) is 0 Å². The fourth-order valence-corrected chi connectivity index (χ4v) is 2.72. The molecule has 2 aromatic carbocycles. The standard InChI is InChI=1S/C17H20BrNO3/c1-20-15-7-5-14(18)9-13(15)11-19-10-12-4-6-16(21-2)17(8-12)22-3/h4-9,19H,10-11H2,1-3H3/p+1. The van der Waals surface area contributed by atoms with E-state index in [4.69, 9.17) is 14.2 Å². The van der Waals surface area contributed by atoms with Crippen molar-refractivity contribution in [3.8, 4) is 17.2 Å². The Morgan fingerprint density at radius 3 is 2.18 bits per heavy atom. The number of methoxy groups -OCH3 is 3. The molecule has 0 spiro atoms. The Morgan fingerprint density at radius 1 is 0.818 bits per heavy atom. The molecule has 0 radical (unpaired) electrons. The fourth-order valence-electron chi connectivity index (χ4n) is 2.31. The molecule has 0 aliphatic carbocycles. The zero-order chi connectivity index (χ0) is 15.9. The summed E-state index contributed by atoms with van der Waals surface area (Å²) < 4.78 is 17.0. The minimum absolute atomic E-state index is 0.750. The van der Waals surface area contributed by atoms with E-state index in [-0.39, 0.29) is 0 Å². The van der Waals surface area contributed by atoms with E-state index in [0.717, 1.165) is 40.4 Å². The van der Waals surface area contributed by atoms with Crippen LogP contribution in [0, 0.1) is 0 Å². The molecule has 0 saturated heterocycles. The van der Waals surface area contributed by atoms with Gasteiger partial charge < -0.3 is 19.5 Å². The molecule has 0 heterocycles. The van der Waals surface area contributed by atoms with Crippen LogP contribution >= 0.6 is 15.9 Å². The van der Waals surface area contributed by atoms with Crippen molar-refractivity contribution >= 4 is 15.9 Å². The molecule has 0 aliphatic rings. The molecule has 118 valence electrons. The predicted molar refractivity (Wildman–Crippen MR) is 89.6 cm³/mol. The van der Waals surface area contributed by atoms with Crippen LogP contribution in [0.3, 0.4) is 0 Å². The van der Waals surface area contributed by atoms with Crippen molar-refractivity contribution in [2.45, 2.75) is 13.1 Å². The second kappa shape index (κ2) is 8.06. The van der Waals surface area contributed by atoms with Crippen LogP contribution in [-0.2, 0) is 13.1 Å². The summed E-state index contributed by atoms with van der Waals surface area (Å²) in [6, 6.07) is 12.0. The number of benzene rings is 2. The molecule has 0 amide bonds. The van der Waals surface area contributed by atoms with Crippen LogP contribution in [0.1, 0.15) is 11.1 Å². The van der Waals surface area contributed by atoms with E-state index in [2.05, 4.69) is 33.4 Å². The monoisotopic (exact) mass is 366 g/mol. The second-order valence-electron chi connectivity index (χ2n) is 4.84. The molecule has 0 bridgehead atoms. The summed E-state index contributed by atoms with van der Waals surface area (Å²) in [6.45, 7) is 1.70. The molecular formula is C17H21BrNO3+. The largest absolute Gasteiger partial charge is 0.496 e. The van der Waals surface area contributed by atoms with E-state index in [9.17, 15) is 0 Å². The summed E-state index contributed by atoms with van der Waals surface area (Å²) >= 11 is 3.50. The van der Waals surface area contributed by atoms with Crippen molar-refractivity contribution in [2.75, 3.05) is 21.3 Å². The predicted octanol–water partition coefficient (Wildman–Crippen LogP) is 2.74. The smallest absolute Gasteiger partial charge is 0.161 e. The molecule has 2 rings (SSSR count). The number of hydrogen-bond acceptors (Lipinski definition) is 3. The first-order valence-electron chi connectivity index (χ1n) is 7.03. The lowest BCUT2D eigenvalue weighted by Crippen LogP contribution is -2.80. The lowest BCUT2D eigenvalue weighted by atomic mass is 10.1. The zero-order valence-electron chi connectivity index (χ0n) is 13.1. The van der Waals surface area contributed by atoms with Crippen LogP contribution in [0.15, 0.2) is 40.9 Å². The lowest BCUT2D eigenvalue weighted by molar-refractivity contribution is -0.686. The van der Waals surface area contributed by atoms with Crippen molar-refractivity contribution in [2.24, 2.45) is 0 Å². The van der Waals surface area contributed by atoms with Crippen molar-refractivity contribution < 1.29 is 19.5 Å². The second-order valence-corrected chi connectivity index (χ2v) is 5.76. The number of quaternary nitrogens is 1. The van der Waals surface area contributed by atoms with Gasteiger partial charge in [0.1, 0.15) is 18.8 Å². The third-order valence-electron chi connectivity index (χ3n) is 3.43. The Bertz CT molecular complexity index is 631. The number of rotatable bonds is 7. The van der Waals surface area contributed by atoms with E-state index in [1.54, 1.807) is 21.3 Å². The van der Waals surface area contributed by atoms with Gasteiger partial charge in [-0.1, -0.05) is 15.9 Å².